The van der Waals surface area contributed by atoms with Crippen LogP contribution in [-0.2, 0) is 12.6 Å². The van der Waals surface area contributed by atoms with Crippen LogP contribution in [0.25, 0.3) is 0 Å². The number of aliphatic hydroxyl groups is 1. The Hall–Kier alpha value is -1.56. The summed E-state index contributed by atoms with van der Waals surface area (Å²) in [7, 11) is 0. The summed E-state index contributed by atoms with van der Waals surface area (Å²) >= 11 is 0. The number of hydrogen-bond acceptors (Lipinski definition) is 2. The summed E-state index contributed by atoms with van der Waals surface area (Å²) in [6, 6.07) is 3.68. The third-order valence-corrected chi connectivity index (χ3v) is 3.49. The molecule has 0 saturated carbocycles. The van der Waals surface area contributed by atoms with Crippen LogP contribution in [0.5, 0.6) is 0 Å². The maximum absolute atomic E-state index is 13.0. The first-order valence-corrected chi connectivity index (χ1v) is 6.50. The summed E-state index contributed by atoms with van der Waals surface area (Å²) in [6.07, 6.45) is -4.33. The summed E-state index contributed by atoms with van der Waals surface area (Å²) in [5.41, 5.74) is -0.565. The van der Waals surface area contributed by atoms with E-state index in [1.807, 2.05) is 0 Å². The van der Waals surface area contributed by atoms with Crippen molar-refractivity contribution in [3.63, 3.8) is 0 Å². The largest absolute Gasteiger partial charge is 0.416 e. The van der Waals surface area contributed by atoms with Crippen molar-refractivity contribution >= 4 is 5.91 Å². The van der Waals surface area contributed by atoms with E-state index < -0.39 is 23.8 Å². The predicted molar refractivity (Wildman–Crippen MR) is 67.3 cm³/mol. The van der Waals surface area contributed by atoms with Gasteiger partial charge in [-0.3, -0.25) is 4.79 Å². The number of amides is 1. The molecule has 0 radical (unpaired) electrons. The molecule has 1 aromatic rings. The van der Waals surface area contributed by atoms with Gasteiger partial charge < -0.3 is 10.0 Å². The molecule has 20 heavy (non-hydrogen) atoms. The van der Waals surface area contributed by atoms with Gasteiger partial charge in [0.05, 0.1) is 11.7 Å². The Morgan fingerprint density at radius 3 is 2.65 bits per heavy atom. The summed E-state index contributed by atoms with van der Waals surface area (Å²) in [4.78, 5) is 13.5. The molecule has 1 atom stereocenters. The fraction of sp³-hybridized carbons (Fsp3) is 0.500. The molecule has 0 spiro atoms. The number of halogens is 3. The van der Waals surface area contributed by atoms with Gasteiger partial charge in [0.25, 0.3) is 5.91 Å². The van der Waals surface area contributed by atoms with E-state index in [2.05, 4.69) is 0 Å². The molecule has 110 valence electrons. The van der Waals surface area contributed by atoms with Gasteiger partial charge in [-0.2, -0.15) is 13.2 Å². The first kappa shape index (κ1) is 14.8. The topological polar surface area (TPSA) is 40.5 Å². The van der Waals surface area contributed by atoms with E-state index in [1.165, 1.54) is 17.0 Å². The third kappa shape index (κ3) is 2.95. The lowest BCUT2D eigenvalue weighted by Crippen LogP contribution is -2.29. The monoisotopic (exact) mass is 287 g/mol. The molecule has 0 bridgehead atoms. The van der Waals surface area contributed by atoms with Gasteiger partial charge in [0, 0.05) is 18.7 Å². The van der Waals surface area contributed by atoms with Gasteiger partial charge in [-0.05, 0) is 30.5 Å². The maximum Gasteiger partial charge on any atom is 0.416 e. The van der Waals surface area contributed by atoms with Crippen LogP contribution in [0, 0.1) is 0 Å². The Balaban J connectivity index is 2.31. The number of rotatable bonds is 2. The molecule has 1 aromatic carbocycles. The quantitative estimate of drug-likeness (QED) is 0.907. The van der Waals surface area contributed by atoms with Gasteiger partial charge in [-0.15, -0.1) is 0 Å². The Morgan fingerprint density at radius 2 is 2.15 bits per heavy atom. The van der Waals surface area contributed by atoms with E-state index in [-0.39, 0.29) is 24.1 Å². The summed E-state index contributed by atoms with van der Waals surface area (Å²) < 4.78 is 38.9. The second-order valence-electron chi connectivity index (χ2n) is 4.92. The lowest BCUT2D eigenvalue weighted by molar-refractivity contribution is -0.138. The number of carbonyl (C=O) groups is 1. The van der Waals surface area contributed by atoms with Crippen molar-refractivity contribution in [3.8, 4) is 0 Å². The zero-order valence-electron chi connectivity index (χ0n) is 11.1. The zero-order chi connectivity index (χ0) is 14.9. The van der Waals surface area contributed by atoms with Crippen LogP contribution in [0.15, 0.2) is 18.2 Å². The van der Waals surface area contributed by atoms with Crippen LogP contribution in [0.1, 0.15) is 34.8 Å². The van der Waals surface area contributed by atoms with Gasteiger partial charge >= 0.3 is 6.18 Å². The minimum absolute atomic E-state index is 0.0172. The fourth-order valence-electron chi connectivity index (χ4n) is 2.39. The van der Waals surface area contributed by atoms with Gasteiger partial charge in [-0.1, -0.05) is 13.0 Å². The van der Waals surface area contributed by atoms with Crippen LogP contribution >= 0.6 is 0 Å². The average Bonchev–Trinajstić information content (AvgIpc) is 2.83. The minimum atomic E-state index is -4.47. The normalized spacial score (nSPS) is 19.4. The first-order valence-electron chi connectivity index (χ1n) is 6.50. The van der Waals surface area contributed by atoms with Crippen molar-refractivity contribution in [1.82, 2.24) is 4.90 Å². The zero-order valence-corrected chi connectivity index (χ0v) is 11.1. The molecule has 1 aliphatic heterocycles. The first-order chi connectivity index (χ1) is 9.32. The molecule has 1 saturated heterocycles. The molecule has 0 aliphatic carbocycles. The number of nitrogens with zero attached hydrogens (tertiary/aromatic N) is 1. The molecule has 6 heteroatoms. The second-order valence-corrected chi connectivity index (χ2v) is 4.92. The Morgan fingerprint density at radius 1 is 1.45 bits per heavy atom. The van der Waals surface area contributed by atoms with Gasteiger partial charge in [0.15, 0.2) is 0 Å². The highest BCUT2D eigenvalue weighted by Crippen LogP contribution is 2.33. The number of aliphatic hydroxyl groups excluding tert-OH is 1. The van der Waals surface area contributed by atoms with Crippen LogP contribution in [0.2, 0.25) is 0 Å². The highest BCUT2D eigenvalue weighted by molar-refractivity contribution is 5.94. The van der Waals surface area contributed by atoms with Gasteiger partial charge in [0.1, 0.15) is 0 Å². The molecular weight excluding hydrogens is 271 g/mol. The molecule has 1 amide bonds. The number of likely N-dealkylation sites (tertiary alicyclic amines) is 1. The van der Waals surface area contributed by atoms with E-state index in [4.69, 9.17) is 0 Å². The number of β-amino-alcohol motifs (C(OH)–C–C–N with tert-alkyl or cyclic N) is 1. The smallest absolute Gasteiger partial charge is 0.391 e. The number of alkyl halides is 3. The molecule has 1 heterocycles. The van der Waals surface area contributed by atoms with Crippen molar-refractivity contribution in [1.29, 1.82) is 0 Å². The van der Waals surface area contributed by atoms with Crippen molar-refractivity contribution in [2.75, 3.05) is 13.1 Å². The number of carbonyl (C=O) groups excluding carboxylic acids is 1. The van der Waals surface area contributed by atoms with Crippen molar-refractivity contribution in [3.05, 3.63) is 34.9 Å². The summed E-state index contributed by atoms with van der Waals surface area (Å²) in [5.74, 6) is -0.463. The van der Waals surface area contributed by atoms with Crippen LogP contribution in [0.3, 0.4) is 0 Å². The molecule has 0 aromatic heterocycles. The maximum atomic E-state index is 13.0. The highest BCUT2D eigenvalue weighted by Gasteiger charge is 2.34. The van der Waals surface area contributed by atoms with Crippen molar-refractivity contribution in [2.45, 2.75) is 32.0 Å². The van der Waals surface area contributed by atoms with Gasteiger partial charge in [0.2, 0.25) is 0 Å². The Bertz CT molecular complexity index is 514. The average molecular weight is 287 g/mol. The number of benzene rings is 1. The van der Waals surface area contributed by atoms with E-state index in [1.54, 1.807) is 6.92 Å². The number of hydrogen-bond donors (Lipinski definition) is 1. The lowest BCUT2D eigenvalue weighted by atomic mass is 10.0. The van der Waals surface area contributed by atoms with E-state index in [0.717, 1.165) is 6.07 Å². The minimum Gasteiger partial charge on any atom is -0.391 e. The van der Waals surface area contributed by atoms with E-state index >= 15 is 0 Å². The van der Waals surface area contributed by atoms with Crippen LogP contribution in [-0.4, -0.2) is 35.1 Å². The molecule has 1 unspecified atom stereocenters. The third-order valence-electron chi connectivity index (χ3n) is 3.49. The molecule has 3 nitrogen and oxygen atoms in total. The molecule has 1 aliphatic rings. The lowest BCUT2D eigenvalue weighted by Gasteiger charge is -2.18. The fourth-order valence-corrected chi connectivity index (χ4v) is 2.39. The molecule has 2 rings (SSSR count). The SMILES string of the molecule is CCc1ccc(C(=O)N2CCC(O)C2)cc1C(F)(F)F. The Labute approximate surface area is 115 Å². The van der Waals surface area contributed by atoms with Crippen molar-refractivity contribution in [2.24, 2.45) is 0 Å². The molecule has 1 fully saturated rings. The number of aryl methyl sites for hydroxylation is 1. The predicted octanol–water partition coefficient (Wildman–Crippen LogP) is 2.47. The van der Waals surface area contributed by atoms with Crippen LogP contribution < -0.4 is 0 Å². The molecule has 1 N–H and O–H groups in total. The summed E-state index contributed by atoms with van der Waals surface area (Å²) in [6.45, 7) is 2.19. The molecular formula is C14H16F3NO2. The van der Waals surface area contributed by atoms with Gasteiger partial charge in [-0.25, -0.2) is 0 Å². The highest BCUT2D eigenvalue weighted by atomic mass is 19.4. The second kappa shape index (κ2) is 5.44. The van der Waals surface area contributed by atoms with Crippen LogP contribution in [0.4, 0.5) is 13.2 Å². The standard InChI is InChI=1S/C14H16F3NO2/c1-2-9-3-4-10(7-12(9)14(15,16)17)13(20)18-6-5-11(19)8-18/h3-4,7,11,19H,2,5-6,8H2,1H3. The Kier molecular flexibility index (Phi) is 4.04. The van der Waals surface area contributed by atoms with Crippen molar-refractivity contribution < 1.29 is 23.1 Å². The van der Waals surface area contributed by atoms with E-state index in [9.17, 15) is 23.1 Å². The van der Waals surface area contributed by atoms with E-state index in [0.29, 0.717) is 13.0 Å². The summed E-state index contributed by atoms with van der Waals surface area (Å²) in [5, 5.41) is 9.39.